The average molecular weight is 451 g/mol. The van der Waals surface area contributed by atoms with Crippen LogP contribution in [0.3, 0.4) is 0 Å². The van der Waals surface area contributed by atoms with Crippen LogP contribution in [-0.2, 0) is 0 Å². The molecule has 1 unspecified atom stereocenters. The number of hydrogen-bond acceptors (Lipinski definition) is 8. The van der Waals surface area contributed by atoms with Crippen molar-refractivity contribution in [3.05, 3.63) is 64.3 Å². The summed E-state index contributed by atoms with van der Waals surface area (Å²) < 4.78 is 0. The van der Waals surface area contributed by atoms with E-state index < -0.39 is 0 Å². The van der Waals surface area contributed by atoms with Gasteiger partial charge in [-0.3, -0.25) is 14.6 Å². The minimum absolute atomic E-state index is 0.0879. The van der Waals surface area contributed by atoms with E-state index in [1.54, 1.807) is 42.7 Å². The number of aryl methyl sites for hydroxylation is 1. The van der Waals surface area contributed by atoms with Crippen LogP contribution < -0.4 is 16.4 Å². The third kappa shape index (κ3) is 4.79. The van der Waals surface area contributed by atoms with Crippen LogP contribution in [0.4, 0.5) is 16.6 Å². The third-order valence-electron chi connectivity index (χ3n) is 5.71. The van der Waals surface area contributed by atoms with Crippen LogP contribution in [0, 0.1) is 6.92 Å². The lowest BCUT2D eigenvalue weighted by molar-refractivity contribution is 0.0943. The molecule has 3 heterocycles. The van der Waals surface area contributed by atoms with Crippen LogP contribution in [-0.4, -0.2) is 52.7 Å². The van der Waals surface area contributed by atoms with E-state index in [-0.39, 0.29) is 17.5 Å². The Morgan fingerprint density at radius 3 is 2.72 bits per heavy atom. The molecule has 4 rings (SSSR count). The summed E-state index contributed by atoms with van der Waals surface area (Å²) >= 11 is 1.19. The summed E-state index contributed by atoms with van der Waals surface area (Å²) in [5.41, 5.74) is 8.69. The number of rotatable bonds is 7. The van der Waals surface area contributed by atoms with Crippen molar-refractivity contribution in [2.75, 3.05) is 31.2 Å². The summed E-state index contributed by atoms with van der Waals surface area (Å²) in [7, 11) is 2.09. The first kappa shape index (κ1) is 21.9. The highest BCUT2D eigenvalue weighted by molar-refractivity contribution is 7.18. The van der Waals surface area contributed by atoms with Crippen LogP contribution in [0.25, 0.3) is 0 Å². The van der Waals surface area contributed by atoms with Gasteiger partial charge < -0.3 is 21.3 Å². The van der Waals surface area contributed by atoms with Gasteiger partial charge in [0.1, 0.15) is 10.7 Å². The number of thiazole rings is 1. The Bertz CT molecular complexity index is 1130. The number of pyridine rings is 1. The lowest BCUT2D eigenvalue weighted by atomic mass is 10.1. The molecule has 3 aromatic rings. The number of nitrogens with one attached hydrogen (secondary N) is 2. The third-order valence-corrected chi connectivity index (χ3v) is 6.70. The molecule has 1 aromatic carbocycles. The molecule has 0 radical (unpaired) electrons. The zero-order valence-electron chi connectivity index (χ0n) is 18.1. The fourth-order valence-electron chi connectivity index (χ4n) is 3.75. The fraction of sp³-hybridized carbons (Fsp3) is 0.304. The van der Waals surface area contributed by atoms with Crippen LogP contribution in [0.2, 0.25) is 0 Å². The maximum atomic E-state index is 12.8. The molecule has 4 N–H and O–H groups in total. The maximum absolute atomic E-state index is 12.8. The van der Waals surface area contributed by atoms with Gasteiger partial charge in [-0.1, -0.05) is 11.3 Å². The molecule has 0 aliphatic carbocycles. The van der Waals surface area contributed by atoms with E-state index in [0.717, 1.165) is 24.2 Å². The lowest BCUT2D eigenvalue weighted by Gasteiger charge is -2.19. The van der Waals surface area contributed by atoms with Gasteiger partial charge in [0, 0.05) is 41.8 Å². The first-order valence-electron chi connectivity index (χ1n) is 10.5. The van der Waals surface area contributed by atoms with Crippen molar-refractivity contribution in [1.29, 1.82) is 0 Å². The van der Waals surface area contributed by atoms with Crippen molar-refractivity contribution < 1.29 is 9.59 Å². The average Bonchev–Trinajstić information content (AvgIpc) is 3.37. The van der Waals surface area contributed by atoms with E-state index in [4.69, 9.17) is 5.73 Å². The minimum Gasteiger partial charge on any atom is -0.382 e. The van der Waals surface area contributed by atoms with E-state index in [1.165, 1.54) is 17.8 Å². The summed E-state index contributed by atoms with van der Waals surface area (Å²) in [6.45, 7) is 3.59. The molecule has 1 aliphatic heterocycles. The van der Waals surface area contributed by atoms with Gasteiger partial charge in [0.15, 0.2) is 5.13 Å². The zero-order chi connectivity index (χ0) is 22.7. The van der Waals surface area contributed by atoms with E-state index in [9.17, 15) is 9.59 Å². The minimum atomic E-state index is -0.196. The normalized spacial score (nSPS) is 16.1. The smallest absolute Gasteiger partial charge is 0.251 e. The molecular formula is C23H26N6O2S. The monoisotopic (exact) mass is 450 g/mol. The number of likely N-dealkylation sites (tertiary alicyclic amines) is 1. The Kier molecular flexibility index (Phi) is 6.48. The number of nitrogens with two attached hydrogens (primary N) is 1. The topological polar surface area (TPSA) is 113 Å². The summed E-state index contributed by atoms with van der Waals surface area (Å²) in [5, 5.41) is 6.68. The molecular weight excluding hydrogens is 424 g/mol. The van der Waals surface area contributed by atoms with Gasteiger partial charge in [0.05, 0.1) is 0 Å². The zero-order valence-corrected chi connectivity index (χ0v) is 18.9. The molecule has 32 heavy (non-hydrogen) atoms. The van der Waals surface area contributed by atoms with Crippen LogP contribution >= 0.6 is 11.3 Å². The molecule has 0 saturated carbocycles. The Hall–Kier alpha value is -3.30. The van der Waals surface area contributed by atoms with Crippen LogP contribution in [0.1, 0.15) is 44.0 Å². The summed E-state index contributed by atoms with van der Waals surface area (Å²) in [4.78, 5) is 36.2. The number of hydrogen-bond donors (Lipinski definition) is 3. The van der Waals surface area contributed by atoms with Gasteiger partial charge in [0.2, 0.25) is 5.78 Å². The predicted octanol–water partition coefficient (Wildman–Crippen LogP) is 3.23. The molecule has 1 amide bonds. The molecule has 1 atom stereocenters. The first-order chi connectivity index (χ1) is 15.4. The van der Waals surface area contributed by atoms with Gasteiger partial charge >= 0.3 is 0 Å². The second kappa shape index (κ2) is 9.46. The summed E-state index contributed by atoms with van der Waals surface area (Å²) in [5.74, 6) is -0.104. The Balaban J connectivity index is 1.39. The number of nitrogen functional groups attached to an aromatic ring is 1. The highest BCUT2D eigenvalue weighted by Crippen LogP contribution is 2.30. The second-order valence-corrected chi connectivity index (χ2v) is 8.94. The van der Waals surface area contributed by atoms with Gasteiger partial charge in [-0.15, -0.1) is 0 Å². The first-order valence-corrected chi connectivity index (χ1v) is 11.3. The number of likely N-dealkylation sites (N-methyl/N-ethyl adjacent to an activating group) is 1. The van der Waals surface area contributed by atoms with Gasteiger partial charge in [0.25, 0.3) is 5.91 Å². The second-order valence-electron chi connectivity index (χ2n) is 7.94. The van der Waals surface area contributed by atoms with E-state index in [1.807, 2.05) is 6.92 Å². The van der Waals surface area contributed by atoms with Crippen LogP contribution in [0.5, 0.6) is 0 Å². The maximum Gasteiger partial charge on any atom is 0.251 e. The summed E-state index contributed by atoms with van der Waals surface area (Å²) in [6, 6.07) is 9.33. The van der Waals surface area contributed by atoms with E-state index in [2.05, 4.69) is 32.5 Å². The quantitative estimate of drug-likeness (QED) is 0.474. The number of ketones is 1. The molecule has 1 saturated heterocycles. The SMILES string of the molecule is Cc1ccncc1C(=O)c1sc(Nc2ccc(C(=O)NCC3CCCN3C)cc2)nc1N. The van der Waals surface area contributed by atoms with Gasteiger partial charge in [-0.2, -0.15) is 0 Å². The molecule has 0 spiro atoms. The predicted molar refractivity (Wildman–Crippen MR) is 127 cm³/mol. The van der Waals surface area contributed by atoms with Crippen molar-refractivity contribution in [1.82, 2.24) is 20.2 Å². The van der Waals surface area contributed by atoms with Crippen molar-refractivity contribution >= 4 is 39.7 Å². The number of amides is 1. The van der Waals surface area contributed by atoms with Crippen molar-refractivity contribution in [2.45, 2.75) is 25.8 Å². The lowest BCUT2D eigenvalue weighted by Crippen LogP contribution is -2.38. The molecule has 0 bridgehead atoms. The Morgan fingerprint density at radius 2 is 2.03 bits per heavy atom. The highest BCUT2D eigenvalue weighted by Gasteiger charge is 2.22. The number of benzene rings is 1. The van der Waals surface area contributed by atoms with Crippen molar-refractivity contribution in [3.63, 3.8) is 0 Å². The van der Waals surface area contributed by atoms with Gasteiger partial charge in [-0.05, 0) is 69.3 Å². The van der Waals surface area contributed by atoms with Crippen LogP contribution in [0.15, 0.2) is 42.7 Å². The molecule has 9 heteroatoms. The molecule has 8 nitrogen and oxygen atoms in total. The standard InChI is InChI=1S/C23H26N6O2S/c1-14-9-10-25-13-18(14)19(30)20-21(24)28-23(32-20)27-16-7-5-15(6-8-16)22(31)26-12-17-4-3-11-29(17)2/h5-10,13,17H,3-4,11-12,24H2,1-2H3,(H,26,31)(H,27,28). The number of nitrogens with zero attached hydrogens (tertiary/aromatic N) is 3. The van der Waals surface area contributed by atoms with Crippen molar-refractivity contribution in [3.8, 4) is 0 Å². The summed E-state index contributed by atoms with van der Waals surface area (Å²) in [6.07, 6.45) is 5.47. The van der Waals surface area contributed by atoms with Gasteiger partial charge in [-0.25, -0.2) is 4.98 Å². The largest absolute Gasteiger partial charge is 0.382 e. The Labute approximate surface area is 190 Å². The molecule has 1 fully saturated rings. The Morgan fingerprint density at radius 1 is 1.25 bits per heavy atom. The fourth-order valence-corrected chi connectivity index (χ4v) is 4.61. The molecule has 2 aromatic heterocycles. The number of carbonyl (C=O) groups is 2. The number of aromatic nitrogens is 2. The van der Waals surface area contributed by atoms with Crippen molar-refractivity contribution in [2.24, 2.45) is 0 Å². The highest BCUT2D eigenvalue weighted by atomic mass is 32.1. The number of anilines is 3. The van der Waals surface area contributed by atoms with E-state index >= 15 is 0 Å². The molecule has 166 valence electrons. The van der Waals surface area contributed by atoms with E-state index in [0.29, 0.717) is 33.7 Å². The molecule has 1 aliphatic rings. The number of carbonyl (C=O) groups excluding carboxylic acids is 2.